The molecule has 156 valence electrons. The number of carbonyl (C=O) groups excluding carboxylic acids is 1. The Hall–Kier alpha value is -3.06. The fourth-order valence-corrected chi connectivity index (χ4v) is 4.05. The van der Waals surface area contributed by atoms with Crippen LogP contribution in [0.15, 0.2) is 72.4 Å². The molecule has 3 aromatic rings. The van der Waals surface area contributed by atoms with Gasteiger partial charge >= 0.3 is 0 Å². The van der Waals surface area contributed by atoms with Gasteiger partial charge in [-0.05, 0) is 50.2 Å². The number of hydrogen-bond acceptors (Lipinski definition) is 5. The minimum atomic E-state index is -0.318. The highest BCUT2D eigenvalue weighted by Crippen LogP contribution is 2.29. The van der Waals surface area contributed by atoms with Gasteiger partial charge in [0.1, 0.15) is 5.75 Å². The van der Waals surface area contributed by atoms with E-state index in [-0.39, 0.29) is 11.2 Å². The lowest BCUT2D eigenvalue weighted by Crippen LogP contribution is -2.36. The summed E-state index contributed by atoms with van der Waals surface area (Å²) in [6.07, 6.45) is 1.80. The van der Waals surface area contributed by atoms with E-state index < -0.39 is 0 Å². The molecule has 1 aromatic heterocycles. The summed E-state index contributed by atoms with van der Waals surface area (Å²) in [7, 11) is 1.64. The molecule has 6 nitrogen and oxygen atoms in total. The molecule has 30 heavy (non-hydrogen) atoms. The van der Waals surface area contributed by atoms with Crippen LogP contribution in [0.2, 0.25) is 0 Å². The zero-order chi connectivity index (χ0) is 21.5. The van der Waals surface area contributed by atoms with Crippen molar-refractivity contribution < 1.29 is 9.53 Å². The molecule has 0 bridgehead atoms. The van der Waals surface area contributed by atoms with E-state index in [9.17, 15) is 4.79 Å². The summed E-state index contributed by atoms with van der Waals surface area (Å²) in [6.45, 7) is 8.88. The summed E-state index contributed by atoms with van der Waals surface area (Å²) in [5.41, 5.74) is 1.82. The van der Waals surface area contributed by atoms with Crippen LogP contribution in [-0.2, 0) is 11.3 Å². The van der Waals surface area contributed by atoms with Crippen molar-refractivity contribution in [2.75, 3.05) is 18.6 Å². The lowest BCUT2D eigenvalue weighted by molar-refractivity contribution is -0.117. The van der Waals surface area contributed by atoms with Crippen LogP contribution >= 0.6 is 11.8 Å². The molecule has 0 fully saturated rings. The second kappa shape index (κ2) is 10.1. The first-order chi connectivity index (χ1) is 14.6. The topological polar surface area (TPSA) is 60.2 Å². The van der Waals surface area contributed by atoms with Crippen molar-refractivity contribution >= 4 is 23.4 Å². The van der Waals surface area contributed by atoms with E-state index >= 15 is 0 Å². The Kier molecular flexibility index (Phi) is 7.30. The van der Waals surface area contributed by atoms with Crippen LogP contribution in [-0.4, -0.2) is 39.6 Å². The first-order valence-corrected chi connectivity index (χ1v) is 10.7. The Morgan fingerprint density at radius 3 is 2.50 bits per heavy atom. The Balaban J connectivity index is 1.83. The standard InChI is InChI=1S/C23H26N4O2S/c1-5-16-27-21(18-12-14-20(29-4)15-13-18)24-25-23(27)30-17(3)22(28)26(6-2)19-10-8-7-9-11-19/h5,7-15,17H,1,6,16H2,2-4H3. The molecule has 2 aromatic carbocycles. The maximum absolute atomic E-state index is 13.1. The van der Waals surface area contributed by atoms with E-state index in [2.05, 4.69) is 16.8 Å². The van der Waals surface area contributed by atoms with Crippen LogP contribution in [0.3, 0.4) is 0 Å². The van der Waals surface area contributed by atoms with Crippen LogP contribution in [0.25, 0.3) is 11.4 Å². The Morgan fingerprint density at radius 1 is 1.20 bits per heavy atom. The van der Waals surface area contributed by atoms with E-state index in [1.165, 1.54) is 11.8 Å². The predicted molar refractivity (Wildman–Crippen MR) is 122 cm³/mol. The number of benzene rings is 2. The van der Waals surface area contributed by atoms with E-state index in [1.807, 2.05) is 73.0 Å². The number of nitrogens with zero attached hydrogens (tertiary/aromatic N) is 4. The summed E-state index contributed by atoms with van der Waals surface area (Å²) in [5.74, 6) is 1.55. The predicted octanol–water partition coefficient (Wildman–Crippen LogP) is 4.67. The minimum Gasteiger partial charge on any atom is -0.497 e. The number of ether oxygens (including phenoxy) is 1. The van der Waals surface area contributed by atoms with Crippen molar-refractivity contribution in [1.82, 2.24) is 14.8 Å². The summed E-state index contributed by atoms with van der Waals surface area (Å²) in [5, 5.41) is 9.10. The highest BCUT2D eigenvalue weighted by molar-refractivity contribution is 8.00. The highest BCUT2D eigenvalue weighted by atomic mass is 32.2. The second-order valence-corrected chi connectivity index (χ2v) is 7.92. The molecule has 0 radical (unpaired) electrons. The highest BCUT2D eigenvalue weighted by Gasteiger charge is 2.24. The number of carbonyl (C=O) groups is 1. The Bertz CT molecular complexity index is 986. The van der Waals surface area contributed by atoms with Crippen LogP contribution in [0.5, 0.6) is 5.75 Å². The third-order valence-corrected chi connectivity index (χ3v) is 5.72. The van der Waals surface area contributed by atoms with Gasteiger partial charge in [0, 0.05) is 24.3 Å². The average molecular weight is 423 g/mol. The molecule has 0 saturated carbocycles. The minimum absolute atomic E-state index is 0.0350. The summed E-state index contributed by atoms with van der Waals surface area (Å²) < 4.78 is 7.21. The fourth-order valence-electron chi connectivity index (χ4n) is 3.12. The molecule has 0 N–H and O–H groups in total. The third kappa shape index (κ3) is 4.74. The molecule has 0 saturated heterocycles. The molecule has 0 aliphatic heterocycles. The molecule has 0 spiro atoms. The van der Waals surface area contributed by atoms with Gasteiger partial charge < -0.3 is 9.64 Å². The van der Waals surface area contributed by atoms with Gasteiger partial charge in [-0.3, -0.25) is 9.36 Å². The zero-order valence-corrected chi connectivity index (χ0v) is 18.3. The van der Waals surface area contributed by atoms with Crippen molar-refractivity contribution in [1.29, 1.82) is 0 Å². The maximum Gasteiger partial charge on any atom is 0.240 e. The van der Waals surface area contributed by atoms with E-state index in [1.54, 1.807) is 18.1 Å². The van der Waals surface area contributed by atoms with Gasteiger partial charge in [0.05, 0.1) is 12.4 Å². The van der Waals surface area contributed by atoms with Crippen LogP contribution in [0.1, 0.15) is 13.8 Å². The largest absolute Gasteiger partial charge is 0.497 e. The maximum atomic E-state index is 13.1. The number of hydrogen-bond donors (Lipinski definition) is 0. The number of para-hydroxylation sites is 1. The molecule has 1 atom stereocenters. The lowest BCUT2D eigenvalue weighted by Gasteiger charge is -2.24. The molecule has 1 amide bonds. The Labute approximate surface area is 181 Å². The first-order valence-electron chi connectivity index (χ1n) is 9.80. The summed E-state index contributed by atoms with van der Waals surface area (Å²) in [4.78, 5) is 14.9. The molecular weight excluding hydrogens is 396 g/mol. The molecule has 7 heteroatoms. The summed E-state index contributed by atoms with van der Waals surface area (Å²) in [6, 6.07) is 17.4. The van der Waals surface area contributed by atoms with Crippen LogP contribution < -0.4 is 9.64 Å². The van der Waals surface area contributed by atoms with Crippen molar-refractivity contribution in [2.24, 2.45) is 0 Å². The lowest BCUT2D eigenvalue weighted by atomic mass is 10.2. The number of anilines is 1. The van der Waals surface area contributed by atoms with Crippen LogP contribution in [0.4, 0.5) is 5.69 Å². The van der Waals surface area contributed by atoms with Crippen molar-refractivity contribution in [3.8, 4) is 17.1 Å². The van der Waals surface area contributed by atoms with E-state index in [4.69, 9.17) is 4.74 Å². The normalized spacial score (nSPS) is 11.7. The number of allylic oxidation sites excluding steroid dienone is 1. The first kappa shape index (κ1) is 21.6. The Morgan fingerprint density at radius 2 is 1.90 bits per heavy atom. The molecule has 1 unspecified atom stereocenters. The summed E-state index contributed by atoms with van der Waals surface area (Å²) >= 11 is 1.41. The van der Waals surface area contributed by atoms with Gasteiger partial charge in [-0.15, -0.1) is 16.8 Å². The van der Waals surface area contributed by atoms with Gasteiger partial charge in [-0.2, -0.15) is 0 Å². The van der Waals surface area contributed by atoms with E-state index in [0.29, 0.717) is 18.2 Å². The number of thioether (sulfide) groups is 1. The number of amides is 1. The third-order valence-electron chi connectivity index (χ3n) is 4.66. The van der Waals surface area contributed by atoms with Gasteiger partial charge in [0.25, 0.3) is 0 Å². The van der Waals surface area contributed by atoms with Gasteiger partial charge in [0.15, 0.2) is 11.0 Å². The average Bonchev–Trinajstić information content (AvgIpc) is 3.17. The second-order valence-electron chi connectivity index (χ2n) is 6.61. The smallest absolute Gasteiger partial charge is 0.240 e. The van der Waals surface area contributed by atoms with Crippen molar-refractivity contribution in [3.63, 3.8) is 0 Å². The zero-order valence-electron chi connectivity index (χ0n) is 17.5. The number of rotatable bonds is 9. The quantitative estimate of drug-likeness (QED) is 0.370. The number of methoxy groups -OCH3 is 1. The molecule has 3 rings (SSSR count). The SMILES string of the molecule is C=CCn1c(SC(C)C(=O)N(CC)c2ccccc2)nnc1-c1ccc(OC)cc1. The molecule has 0 aliphatic rings. The van der Waals surface area contributed by atoms with Crippen LogP contribution in [0, 0.1) is 0 Å². The monoisotopic (exact) mass is 422 g/mol. The molecular formula is C23H26N4O2S. The van der Waals surface area contributed by atoms with Gasteiger partial charge in [0.2, 0.25) is 5.91 Å². The van der Waals surface area contributed by atoms with Gasteiger partial charge in [-0.1, -0.05) is 36.0 Å². The molecule has 0 aliphatic carbocycles. The van der Waals surface area contributed by atoms with Crippen molar-refractivity contribution in [3.05, 3.63) is 67.3 Å². The fraction of sp³-hybridized carbons (Fsp3) is 0.261. The molecule has 1 heterocycles. The van der Waals surface area contributed by atoms with Crippen molar-refractivity contribution in [2.45, 2.75) is 30.8 Å². The van der Waals surface area contributed by atoms with Gasteiger partial charge in [-0.25, -0.2) is 0 Å². The number of aromatic nitrogens is 3. The van der Waals surface area contributed by atoms with E-state index in [0.717, 1.165) is 22.8 Å².